The number of aryl methyl sites for hydroxylation is 1. The maximum atomic E-state index is 13.0. The van der Waals surface area contributed by atoms with Crippen LogP contribution >= 0.6 is 0 Å². The summed E-state index contributed by atoms with van der Waals surface area (Å²) in [5, 5.41) is 3.02. The Bertz CT molecular complexity index is 1080. The summed E-state index contributed by atoms with van der Waals surface area (Å²) in [7, 11) is -3.67. The van der Waals surface area contributed by atoms with Crippen molar-refractivity contribution in [3.63, 3.8) is 0 Å². The van der Waals surface area contributed by atoms with Gasteiger partial charge in [0.05, 0.1) is 29.7 Å². The van der Waals surface area contributed by atoms with Gasteiger partial charge in [-0.15, -0.1) is 0 Å². The largest absolute Gasteiger partial charge is 0.462 e. The van der Waals surface area contributed by atoms with E-state index in [2.05, 4.69) is 5.32 Å². The molecule has 1 saturated heterocycles. The van der Waals surface area contributed by atoms with E-state index in [-0.39, 0.29) is 30.0 Å². The average molecular weight is 474 g/mol. The normalized spacial score (nSPS) is 16.2. The number of amides is 1. The van der Waals surface area contributed by atoms with Crippen LogP contribution in [0.15, 0.2) is 53.4 Å². The van der Waals surface area contributed by atoms with Crippen LogP contribution < -0.4 is 5.32 Å². The van der Waals surface area contributed by atoms with Crippen LogP contribution in [0.2, 0.25) is 0 Å². The molecule has 1 fully saturated rings. The highest BCUT2D eigenvalue weighted by molar-refractivity contribution is 7.89. The lowest BCUT2D eigenvalue weighted by Crippen LogP contribution is -2.51. The molecule has 178 valence electrons. The minimum absolute atomic E-state index is 0.0865. The summed E-state index contributed by atoms with van der Waals surface area (Å²) < 4.78 is 32.3. The number of ether oxygens (including phenoxy) is 1. The number of hydrogen-bond donors (Lipinski definition) is 1. The molecule has 1 aliphatic rings. The molecule has 1 heterocycles. The van der Waals surface area contributed by atoms with E-state index in [4.69, 9.17) is 4.74 Å². The molecule has 0 radical (unpaired) electrons. The Kier molecular flexibility index (Phi) is 8.23. The first-order chi connectivity index (χ1) is 15.7. The first-order valence-electron chi connectivity index (χ1n) is 11.1. The topological polar surface area (TPSA) is 96.0 Å². The number of piperazine rings is 1. The molecule has 9 heteroatoms. The molecule has 1 aliphatic heterocycles. The van der Waals surface area contributed by atoms with Gasteiger partial charge in [-0.25, -0.2) is 13.2 Å². The molecule has 0 spiro atoms. The summed E-state index contributed by atoms with van der Waals surface area (Å²) in [4.78, 5) is 26.4. The first-order valence-corrected chi connectivity index (χ1v) is 12.5. The minimum atomic E-state index is -3.67. The smallest absolute Gasteiger partial charge is 0.338 e. The summed E-state index contributed by atoms with van der Waals surface area (Å²) in [6.07, 6.45) is 0. The van der Waals surface area contributed by atoms with Crippen LogP contribution in [-0.4, -0.2) is 68.8 Å². The summed E-state index contributed by atoms with van der Waals surface area (Å²) in [6, 6.07) is 13.6. The van der Waals surface area contributed by atoms with E-state index in [9.17, 15) is 18.0 Å². The molecule has 0 saturated carbocycles. The van der Waals surface area contributed by atoms with Crippen LogP contribution in [0.5, 0.6) is 0 Å². The zero-order valence-electron chi connectivity index (χ0n) is 19.3. The molecule has 1 unspecified atom stereocenters. The van der Waals surface area contributed by atoms with Gasteiger partial charge in [0.25, 0.3) is 0 Å². The van der Waals surface area contributed by atoms with Gasteiger partial charge >= 0.3 is 5.97 Å². The number of sulfonamides is 1. The van der Waals surface area contributed by atoms with Gasteiger partial charge < -0.3 is 10.1 Å². The van der Waals surface area contributed by atoms with Gasteiger partial charge in [-0.3, -0.25) is 9.69 Å². The Hall–Kier alpha value is -2.75. The Morgan fingerprint density at radius 3 is 2.27 bits per heavy atom. The number of rotatable bonds is 8. The molecule has 1 atom stereocenters. The third-order valence-electron chi connectivity index (χ3n) is 5.73. The van der Waals surface area contributed by atoms with Gasteiger partial charge in [0.2, 0.25) is 15.9 Å². The Morgan fingerprint density at radius 2 is 1.67 bits per heavy atom. The molecule has 1 amide bonds. The molecule has 0 aromatic heterocycles. The van der Waals surface area contributed by atoms with Crippen molar-refractivity contribution >= 4 is 21.9 Å². The summed E-state index contributed by atoms with van der Waals surface area (Å²) >= 11 is 0. The third kappa shape index (κ3) is 6.19. The number of carbonyl (C=O) groups is 2. The SMILES string of the molecule is CCOC(=O)c1ccc(S(=O)(=O)N2CCN(CC(=O)NC(C)c3ccccc3C)CC2)cc1. The van der Waals surface area contributed by atoms with E-state index < -0.39 is 16.0 Å². The molecular formula is C24H31N3O5S. The number of benzene rings is 2. The molecule has 2 aromatic carbocycles. The number of esters is 1. The van der Waals surface area contributed by atoms with Crippen molar-refractivity contribution in [1.82, 2.24) is 14.5 Å². The van der Waals surface area contributed by atoms with Crippen molar-refractivity contribution in [1.29, 1.82) is 0 Å². The van der Waals surface area contributed by atoms with Gasteiger partial charge in [-0.2, -0.15) is 4.31 Å². The minimum Gasteiger partial charge on any atom is -0.462 e. The van der Waals surface area contributed by atoms with Gasteiger partial charge in [-0.05, 0) is 56.2 Å². The summed E-state index contributed by atoms with van der Waals surface area (Å²) in [5.74, 6) is -0.568. The molecule has 0 bridgehead atoms. The van der Waals surface area contributed by atoms with Gasteiger partial charge in [0, 0.05) is 26.2 Å². The highest BCUT2D eigenvalue weighted by atomic mass is 32.2. The molecule has 3 rings (SSSR count). The van der Waals surface area contributed by atoms with Crippen LogP contribution in [0.4, 0.5) is 0 Å². The molecule has 1 N–H and O–H groups in total. The van der Waals surface area contributed by atoms with E-state index >= 15 is 0 Å². The zero-order chi connectivity index (χ0) is 24.0. The third-order valence-corrected chi connectivity index (χ3v) is 7.65. The van der Waals surface area contributed by atoms with E-state index in [1.807, 2.05) is 43.0 Å². The van der Waals surface area contributed by atoms with E-state index in [1.54, 1.807) is 6.92 Å². The van der Waals surface area contributed by atoms with E-state index in [0.29, 0.717) is 31.7 Å². The average Bonchev–Trinajstić information content (AvgIpc) is 2.80. The Balaban J connectivity index is 1.53. The molecule has 0 aliphatic carbocycles. The predicted molar refractivity (Wildman–Crippen MR) is 125 cm³/mol. The van der Waals surface area contributed by atoms with Crippen LogP contribution in [-0.2, 0) is 19.6 Å². The maximum absolute atomic E-state index is 13.0. The summed E-state index contributed by atoms with van der Waals surface area (Å²) in [6.45, 7) is 7.68. The Labute approximate surface area is 195 Å². The van der Waals surface area contributed by atoms with Crippen LogP contribution in [0, 0.1) is 6.92 Å². The second-order valence-electron chi connectivity index (χ2n) is 8.07. The first kappa shape index (κ1) is 24.9. The lowest BCUT2D eigenvalue weighted by molar-refractivity contribution is -0.123. The monoisotopic (exact) mass is 473 g/mol. The number of carbonyl (C=O) groups excluding carboxylic acids is 2. The van der Waals surface area contributed by atoms with Gasteiger partial charge in [-0.1, -0.05) is 24.3 Å². The van der Waals surface area contributed by atoms with Gasteiger partial charge in [0.1, 0.15) is 0 Å². The van der Waals surface area contributed by atoms with E-state index in [0.717, 1.165) is 11.1 Å². The van der Waals surface area contributed by atoms with Crippen molar-refractivity contribution in [2.75, 3.05) is 39.3 Å². The predicted octanol–water partition coefficient (Wildman–Crippen LogP) is 2.36. The lowest BCUT2D eigenvalue weighted by atomic mass is 10.0. The maximum Gasteiger partial charge on any atom is 0.338 e. The highest BCUT2D eigenvalue weighted by Gasteiger charge is 2.29. The number of hydrogen-bond acceptors (Lipinski definition) is 6. The van der Waals surface area contributed by atoms with E-state index in [1.165, 1.54) is 28.6 Å². The van der Waals surface area contributed by atoms with Crippen molar-refractivity contribution in [3.05, 3.63) is 65.2 Å². The lowest BCUT2D eigenvalue weighted by Gasteiger charge is -2.33. The zero-order valence-corrected chi connectivity index (χ0v) is 20.1. The van der Waals surface area contributed by atoms with Crippen LogP contribution in [0.1, 0.15) is 41.4 Å². The summed E-state index contributed by atoms with van der Waals surface area (Å²) in [5.41, 5.74) is 2.52. The quantitative estimate of drug-likeness (QED) is 0.592. The second kappa shape index (κ2) is 10.9. The standard InChI is InChI=1S/C24H31N3O5S/c1-4-32-24(29)20-9-11-21(12-10-20)33(30,31)27-15-13-26(14-16-27)17-23(28)25-19(3)22-8-6-5-7-18(22)2/h5-12,19H,4,13-17H2,1-3H3,(H,25,28). The molecule has 33 heavy (non-hydrogen) atoms. The van der Waals surface area contributed by atoms with Gasteiger partial charge in [0.15, 0.2) is 0 Å². The molecule has 8 nitrogen and oxygen atoms in total. The fourth-order valence-electron chi connectivity index (χ4n) is 3.90. The van der Waals surface area contributed by atoms with Crippen molar-refractivity contribution in [2.24, 2.45) is 0 Å². The van der Waals surface area contributed by atoms with Crippen molar-refractivity contribution in [2.45, 2.75) is 31.7 Å². The molecule has 2 aromatic rings. The fraction of sp³-hybridized carbons (Fsp3) is 0.417. The Morgan fingerprint density at radius 1 is 1.03 bits per heavy atom. The fourth-order valence-corrected chi connectivity index (χ4v) is 5.32. The number of nitrogens with zero attached hydrogens (tertiary/aromatic N) is 2. The van der Waals surface area contributed by atoms with Crippen molar-refractivity contribution in [3.8, 4) is 0 Å². The van der Waals surface area contributed by atoms with Crippen molar-refractivity contribution < 1.29 is 22.7 Å². The van der Waals surface area contributed by atoms with Crippen LogP contribution in [0.25, 0.3) is 0 Å². The van der Waals surface area contributed by atoms with Crippen LogP contribution in [0.3, 0.4) is 0 Å². The highest BCUT2D eigenvalue weighted by Crippen LogP contribution is 2.19. The number of nitrogens with one attached hydrogen (secondary N) is 1. The second-order valence-corrected chi connectivity index (χ2v) is 10.0. The molecular weight excluding hydrogens is 442 g/mol.